The number of aliphatic carboxylic acids is 3. The Morgan fingerprint density at radius 2 is 0.711 bits per heavy atom. The summed E-state index contributed by atoms with van der Waals surface area (Å²) < 4.78 is 0. The zero-order valence-electron chi connectivity index (χ0n) is 75.5. The van der Waals surface area contributed by atoms with E-state index < -0.39 is 283 Å². The molecule has 2 aromatic carbocycles. The average Bonchev–Trinajstić information content (AvgIpc) is 1.25. The van der Waals surface area contributed by atoms with Gasteiger partial charge in [0.15, 0.2) is 5.96 Å². The predicted molar refractivity (Wildman–Crippen MR) is 495 cm³/mol. The number of fused-ring (bicyclic) bond motifs is 2. The van der Waals surface area contributed by atoms with Crippen molar-refractivity contribution in [3.8, 4) is 0 Å². The molecule has 4 rings (SSSR count). The number of benzene rings is 2. The fourth-order valence-corrected chi connectivity index (χ4v) is 14.3. The molecule has 2 heterocycles. The van der Waals surface area contributed by atoms with Crippen LogP contribution >= 0.6 is 25.3 Å². The lowest BCUT2D eigenvalue weighted by Crippen LogP contribution is -2.62. The minimum atomic E-state index is -2.17. The Kier molecular flexibility index (Phi) is 49.0. The van der Waals surface area contributed by atoms with Crippen molar-refractivity contribution < 1.29 is 116 Å². The van der Waals surface area contributed by atoms with E-state index in [1.807, 2.05) is 0 Å². The van der Waals surface area contributed by atoms with Crippen LogP contribution in [0.1, 0.15) is 155 Å². The molecule has 0 fully saturated rings. The predicted octanol–water partition coefficient (Wildman–Crippen LogP) is -7.16. The van der Waals surface area contributed by atoms with Gasteiger partial charge in [0.1, 0.15) is 84.6 Å². The molecule has 2 aromatic heterocycles. The number of amides is 17. The molecule has 36 N–H and O–H groups in total. The van der Waals surface area contributed by atoms with E-state index in [2.05, 4.69) is 115 Å². The van der Waals surface area contributed by atoms with E-state index >= 15 is 0 Å². The standard InChI is InChI=1S/C84H129N25O24S2/c1-6-40(3)66(90)80(129)103-54(31-43-36-94-47-19-10-8-17-45(43)47)74(123)102-58(35-65(116)117)76(125)99-52(25-27-64(114)115)72(121)109-68(42(5)110)82(131)105-56(33-62(88)112)75(124)106-60(39-135)79(128)107-59(38-134)78(127)97-50(23-16-30-93-84(91)92)70(119)96-49(21-12-14-28-85)69(118)98-51(24-26-61(87)111)71(120)101-57(34-63(89)113)77(126)108-67(41(4)7-2)81(130)104-55(32-44-37-95-48-20-11-9-18-46(44)48)73(122)100-53(83(132)133)22-13-15-29-86/h8-11,17-20,36-37,40-42,49-60,66-68,94-95,110,134-135H,6-7,12-16,21-35,38-39,85-86,90H2,1-5H3,(H2,87,111)(H2,88,112)(H2,89,113)(H,96,119)(H,97,127)(H,98,118)(H,99,125)(H,100,122)(H,101,120)(H,102,123)(H,103,129)(H,104,130)(H,105,131)(H,106,124)(H,107,128)(H,108,126)(H,109,121)(H,114,115)(H,116,117)(H,132,133)(H4,91,92,93)/t40-,41-,42+,49-,50-,51-,52-,53-,54-,55-,56-,57-,58-,59-,60-,66-,67-,68-/m0/s1. The van der Waals surface area contributed by atoms with E-state index in [1.165, 1.54) is 0 Å². The number of aliphatic hydroxyl groups is 1. The van der Waals surface area contributed by atoms with Crippen LogP contribution in [0.3, 0.4) is 0 Å². The number of carbonyl (C=O) groups excluding carboxylic acids is 17. The molecule has 0 spiro atoms. The van der Waals surface area contributed by atoms with Crippen LogP contribution in [0.2, 0.25) is 0 Å². The Bertz CT molecular complexity index is 4810. The minimum Gasteiger partial charge on any atom is -0.481 e. The highest BCUT2D eigenvalue weighted by atomic mass is 32.1. The first-order chi connectivity index (χ1) is 63.8. The van der Waals surface area contributed by atoms with Crippen molar-refractivity contribution in [1.29, 1.82) is 5.41 Å². The van der Waals surface area contributed by atoms with Gasteiger partial charge >= 0.3 is 17.9 Å². The second-order valence-corrected chi connectivity index (χ2v) is 33.2. The maximum absolute atomic E-state index is 14.7. The zero-order valence-corrected chi connectivity index (χ0v) is 77.3. The Labute approximate surface area is 787 Å². The maximum Gasteiger partial charge on any atom is 0.326 e. The lowest BCUT2D eigenvalue weighted by Gasteiger charge is -2.29. The Morgan fingerprint density at radius 3 is 1.11 bits per heavy atom. The average molecular weight is 1940 g/mol. The van der Waals surface area contributed by atoms with Crippen LogP contribution < -0.4 is 120 Å². The molecule has 0 aliphatic rings. The first-order valence-electron chi connectivity index (χ1n) is 43.8. The summed E-state index contributed by atoms with van der Waals surface area (Å²) in [6, 6.07) is -12.2. The monoisotopic (exact) mass is 1940 g/mol. The maximum atomic E-state index is 14.7. The van der Waals surface area contributed by atoms with Gasteiger partial charge in [-0.25, -0.2) is 4.79 Å². The third kappa shape index (κ3) is 38.7. The van der Waals surface area contributed by atoms with Crippen molar-refractivity contribution in [2.75, 3.05) is 31.1 Å². The highest BCUT2D eigenvalue weighted by molar-refractivity contribution is 7.80. The Balaban J connectivity index is 1.58. The summed E-state index contributed by atoms with van der Waals surface area (Å²) in [6.45, 7) is 7.85. The van der Waals surface area contributed by atoms with Crippen LogP contribution in [0, 0.1) is 17.2 Å². The number of guanidine groups is 1. The van der Waals surface area contributed by atoms with Gasteiger partial charge in [-0.1, -0.05) is 76.9 Å². The number of aliphatic hydroxyl groups excluding tert-OH is 1. The number of carboxylic acids is 3. The molecule has 4 aromatic rings. The molecule has 0 aliphatic heterocycles. The molecule has 17 amide bonds. The van der Waals surface area contributed by atoms with Gasteiger partial charge in [0.05, 0.1) is 31.4 Å². The molecule has 0 saturated carbocycles. The summed E-state index contributed by atoms with van der Waals surface area (Å²) in [4.78, 5) is 281. The highest BCUT2D eigenvalue weighted by Crippen LogP contribution is 2.23. The number of primary amides is 3. The molecule has 49 nitrogen and oxygen atoms in total. The number of carbonyl (C=O) groups is 20. The van der Waals surface area contributed by atoms with Crippen LogP contribution in [0.25, 0.3) is 21.8 Å². The number of aromatic amines is 2. The molecular formula is C84H129N25O24S2. The van der Waals surface area contributed by atoms with Crippen molar-refractivity contribution in [3.05, 3.63) is 72.1 Å². The fraction of sp³-hybridized carbons (Fsp3) is 0.560. The quantitative estimate of drug-likeness (QED) is 0.00845. The van der Waals surface area contributed by atoms with E-state index in [1.54, 1.807) is 88.6 Å². The molecule has 0 unspecified atom stereocenters. The van der Waals surface area contributed by atoms with E-state index in [9.17, 15) is 116 Å². The summed E-state index contributed by atoms with van der Waals surface area (Å²) in [7, 11) is 0. The number of hydrogen-bond donors (Lipinski definition) is 31. The number of hydrogen-bond acceptors (Lipinski definition) is 27. The third-order valence-electron chi connectivity index (χ3n) is 22.0. The number of unbranched alkanes of at least 4 members (excludes halogenated alkanes) is 2. The van der Waals surface area contributed by atoms with Gasteiger partial charge in [-0.3, -0.25) is 96.5 Å². The first-order valence-corrected chi connectivity index (χ1v) is 45.1. The molecule has 135 heavy (non-hydrogen) atoms. The third-order valence-corrected chi connectivity index (χ3v) is 22.7. The lowest BCUT2D eigenvalue weighted by atomic mass is 9.96. The summed E-state index contributed by atoms with van der Waals surface area (Å²) >= 11 is 8.41. The summed E-state index contributed by atoms with van der Waals surface area (Å²) in [5.41, 5.74) is 42.2. The van der Waals surface area contributed by atoms with Crippen LogP contribution in [0.15, 0.2) is 60.9 Å². The molecule has 0 aliphatic carbocycles. The zero-order chi connectivity index (χ0) is 101. The molecule has 0 radical (unpaired) electrons. The number of carboxylic acid groups (broad SMARTS) is 3. The van der Waals surface area contributed by atoms with Gasteiger partial charge in [-0.05, 0) is 119 Å². The van der Waals surface area contributed by atoms with Gasteiger partial charge in [-0.2, -0.15) is 25.3 Å². The molecule has 0 bridgehead atoms. The van der Waals surface area contributed by atoms with E-state index in [0.29, 0.717) is 52.2 Å². The molecule has 0 saturated heterocycles. The molecule has 18 atom stereocenters. The minimum absolute atomic E-state index is 0.0114. The SMILES string of the molecule is CC[C@H](C)[C@H](N)C(=O)N[C@@H](Cc1c[nH]c2ccccc12)C(=O)N[C@@H](CC(=O)O)C(=O)N[C@@H](CCC(=O)O)C(=O)N[C@H](C(=O)N[C@@H](CC(N)=O)C(=O)N[C@@H](CS)C(=O)N[C@@H](CS)C(=O)N[C@@H](CCCNC(=N)N)C(=O)N[C@@H](CCCCN)C(=O)N[C@@H](CCC(N)=O)C(=O)N[C@@H](CC(N)=O)C(=O)N[C@H](C(=O)N[C@@H](Cc1c[nH]c2ccccc12)C(=O)N[C@@H](CCCCN)C(=O)O)[C@@H](C)CC)[C@@H](C)O. The lowest BCUT2D eigenvalue weighted by molar-refractivity contribution is -0.143. The van der Waals surface area contributed by atoms with Gasteiger partial charge in [-0.15, -0.1) is 0 Å². The van der Waals surface area contributed by atoms with E-state index in [4.69, 9.17) is 45.5 Å². The topological polar surface area (TPSA) is 840 Å². The largest absolute Gasteiger partial charge is 0.481 e. The Hall–Kier alpha value is -13.3. The number of para-hydroxylation sites is 2. The van der Waals surface area contributed by atoms with Crippen molar-refractivity contribution >= 4 is 171 Å². The summed E-state index contributed by atoms with van der Waals surface area (Å²) in [5, 5.41) is 85.5. The van der Waals surface area contributed by atoms with Gasteiger partial charge in [0, 0.05) is 77.9 Å². The van der Waals surface area contributed by atoms with Crippen molar-refractivity contribution in [3.63, 3.8) is 0 Å². The second kappa shape index (κ2) is 58.0. The molecule has 51 heteroatoms. The first kappa shape index (κ1) is 114. The highest BCUT2D eigenvalue weighted by Gasteiger charge is 2.41. The van der Waals surface area contributed by atoms with Crippen LogP contribution in [0.4, 0.5) is 0 Å². The van der Waals surface area contributed by atoms with Crippen LogP contribution in [-0.2, 0) is 109 Å². The van der Waals surface area contributed by atoms with Gasteiger partial charge in [0.2, 0.25) is 100 Å². The number of nitrogens with two attached hydrogens (primary N) is 7. The molecule has 746 valence electrons. The summed E-state index contributed by atoms with van der Waals surface area (Å²) in [5.74, 6) is -27.2. The number of nitrogens with one attached hydrogen (secondary N) is 18. The number of aromatic nitrogens is 2. The Morgan fingerprint density at radius 1 is 0.378 bits per heavy atom. The fourth-order valence-electron chi connectivity index (χ4n) is 13.8. The number of thiol groups is 2. The molecular weight excluding hydrogens is 1810 g/mol. The van der Waals surface area contributed by atoms with Crippen molar-refractivity contribution in [1.82, 2.24) is 89.7 Å². The van der Waals surface area contributed by atoms with E-state index in [-0.39, 0.29) is 83.3 Å². The van der Waals surface area contributed by atoms with Crippen molar-refractivity contribution in [2.45, 2.75) is 253 Å². The smallest absolute Gasteiger partial charge is 0.326 e. The number of rotatable bonds is 64. The number of H-pyrrole nitrogens is 2. The normalized spacial score (nSPS) is 15.2. The van der Waals surface area contributed by atoms with Crippen LogP contribution in [-0.4, -0.2) is 283 Å². The van der Waals surface area contributed by atoms with Gasteiger partial charge in [0.25, 0.3) is 0 Å². The van der Waals surface area contributed by atoms with Crippen molar-refractivity contribution in [2.24, 2.45) is 52.0 Å². The summed E-state index contributed by atoms with van der Waals surface area (Å²) in [6.07, 6.45) is -4.20. The van der Waals surface area contributed by atoms with E-state index in [0.717, 1.165) is 6.92 Å². The van der Waals surface area contributed by atoms with Crippen LogP contribution in [0.5, 0.6) is 0 Å². The van der Waals surface area contributed by atoms with Gasteiger partial charge < -0.3 is 150 Å². The second-order valence-electron chi connectivity index (χ2n) is 32.5.